The Morgan fingerprint density at radius 3 is 2.32 bits per heavy atom. The van der Waals surface area contributed by atoms with Gasteiger partial charge in [-0.05, 0) is 53.8 Å². The third-order valence-corrected chi connectivity index (χ3v) is 7.68. The number of aromatic nitrogens is 2. The summed E-state index contributed by atoms with van der Waals surface area (Å²) >= 11 is 0. The summed E-state index contributed by atoms with van der Waals surface area (Å²) < 4.78 is 8.90. The Labute approximate surface area is 214 Å². The van der Waals surface area contributed by atoms with Crippen LogP contribution in [0.3, 0.4) is 0 Å². The number of rotatable bonds is 2. The molecule has 0 saturated heterocycles. The quantitative estimate of drug-likeness (QED) is 0.248. The van der Waals surface area contributed by atoms with E-state index in [1.807, 2.05) is 12.3 Å². The normalized spacial score (nSPS) is 12.8. The van der Waals surface area contributed by atoms with Gasteiger partial charge in [-0.15, -0.1) is 0 Å². The monoisotopic (exact) mass is 478 g/mol. The Morgan fingerprint density at radius 1 is 0.703 bits per heavy atom. The Kier molecular flexibility index (Phi) is 3.99. The molecule has 0 spiro atoms. The van der Waals surface area contributed by atoms with Gasteiger partial charge in [0.15, 0.2) is 5.58 Å². The van der Waals surface area contributed by atoms with E-state index < -0.39 is 0 Å². The first-order valence-corrected chi connectivity index (χ1v) is 12.9. The summed E-state index contributed by atoms with van der Waals surface area (Å²) in [5.74, 6) is 0. The molecular weight excluding hydrogens is 452 g/mol. The fourth-order valence-corrected chi connectivity index (χ4v) is 6.25. The molecule has 8 aromatic rings. The fraction of sp³-hybridized carbons (Fsp3) is 0.147. The maximum absolute atomic E-state index is 6.49. The predicted octanol–water partition coefficient (Wildman–Crippen LogP) is 9.39. The highest BCUT2D eigenvalue weighted by Crippen LogP contribution is 2.44. The van der Waals surface area contributed by atoms with Gasteiger partial charge in [-0.1, -0.05) is 69.3 Å². The van der Waals surface area contributed by atoms with Gasteiger partial charge in [0.25, 0.3) is 0 Å². The highest BCUT2D eigenvalue weighted by atomic mass is 16.3. The average molecular weight is 479 g/mol. The molecule has 0 aliphatic rings. The van der Waals surface area contributed by atoms with E-state index in [0.29, 0.717) is 0 Å². The molecule has 0 radical (unpaired) electrons. The maximum Gasteiger partial charge on any atom is 0.160 e. The maximum atomic E-state index is 6.49. The molecule has 0 atom stereocenters. The van der Waals surface area contributed by atoms with Crippen molar-refractivity contribution in [1.82, 2.24) is 9.38 Å². The van der Waals surface area contributed by atoms with E-state index in [4.69, 9.17) is 9.40 Å². The van der Waals surface area contributed by atoms with Crippen molar-refractivity contribution in [3.05, 3.63) is 96.7 Å². The molecule has 0 aliphatic carbocycles. The SMILES string of the molecule is CC(C)(C)Cc1ccnc(-c2ccc3c(c2)c2cccc4c5ccc6c7ccccc7oc6c5n3c24)c1. The highest BCUT2D eigenvalue weighted by Gasteiger charge is 2.21. The molecule has 0 saturated carbocycles. The smallest absolute Gasteiger partial charge is 0.160 e. The van der Waals surface area contributed by atoms with Gasteiger partial charge in [0, 0.05) is 44.1 Å². The third kappa shape index (κ3) is 2.91. The Hall–Kier alpha value is -4.37. The van der Waals surface area contributed by atoms with E-state index >= 15 is 0 Å². The lowest BCUT2D eigenvalue weighted by Crippen LogP contribution is -2.09. The number of para-hydroxylation sites is 2. The van der Waals surface area contributed by atoms with Gasteiger partial charge in [0.05, 0.1) is 22.2 Å². The number of hydrogen-bond acceptors (Lipinski definition) is 2. The van der Waals surface area contributed by atoms with Crippen LogP contribution >= 0.6 is 0 Å². The van der Waals surface area contributed by atoms with Crippen molar-refractivity contribution in [3.8, 4) is 11.3 Å². The molecule has 4 aromatic carbocycles. The lowest BCUT2D eigenvalue weighted by molar-refractivity contribution is 0.411. The first-order valence-electron chi connectivity index (χ1n) is 12.9. The minimum absolute atomic E-state index is 0.235. The first kappa shape index (κ1) is 20.8. The van der Waals surface area contributed by atoms with Crippen molar-refractivity contribution >= 4 is 60.0 Å². The number of fused-ring (bicyclic) bond motifs is 10. The van der Waals surface area contributed by atoms with E-state index in [9.17, 15) is 0 Å². The lowest BCUT2D eigenvalue weighted by atomic mass is 9.88. The summed E-state index contributed by atoms with van der Waals surface area (Å²) in [5.41, 5.74) is 9.22. The van der Waals surface area contributed by atoms with E-state index in [0.717, 1.165) is 45.1 Å². The molecule has 0 aliphatic heterocycles. The molecule has 0 amide bonds. The van der Waals surface area contributed by atoms with Crippen LogP contribution in [0, 0.1) is 5.41 Å². The second-order valence-electron chi connectivity index (χ2n) is 11.5. The van der Waals surface area contributed by atoms with Crippen LogP contribution in [0.25, 0.3) is 71.3 Å². The number of pyridine rings is 1. The van der Waals surface area contributed by atoms with Crippen LogP contribution in [0.15, 0.2) is 95.5 Å². The summed E-state index contributed by atoms with van der Waals surface area (Å²) in [4.78, 5) is 4.74. The number of nitrogens with zero attached hydrogens (tertiary/aromatic N) is 2. The van der Waals surface area contributed by atoms with Crippen LogP contribution in [0.5, 0.6) is 0 Å². The van der Waals surface area contributed by atoms with Gasteiger partial charge < -0.3 is 8.82 Å². The molecule has 0 N–H and O–H groups in total. The van der Waals surface area contributed by atoms with Gasteiger partial charge in [-0.3, -0.25) is 4.98 Å². The van der Waals surface area contributed by atoms with E-state index in [2.05, 4.69) is 104 Å². The third-order valence-electron chi connectivity index (χ3n) is 7.68. The Morgan fingerprint density at radius 2 is 1.46 bits per heavy atom. The van der Waals surface area contributed by atoms with Gasteiger partial charge in [-0.25, -0.2) is 0 Å². The molecular formula is C34H26N2O. The molecule has 0 bridgehead atoms. The zero-order chi connectivity index (χ0) is 24.9. The molecule has 37 heavy (non-hydrogen) atoms. The van der Waals surface area contributed by atoms with Crippen LogP contribution in [0.1, 0.15) is 26.3 Å². The summed E-state index contributed by atoms with van der Waals surface area (Å²) in [6, 6.07) is 30.6. The number of benzene rings is 4. The van der Waals surface area contributed by atoms with Gasteiger partial charge in [0.1, 0.15) is 5.58 Å². The molecule has 3 heteroatoms. The largest absolute Gasteiger partial charge is 0.454 e. The topological polar surface area (TPSA) is 30.4 Å². The van der Waals surface area contributed by atoms with Crippen molar-refractivity contribution in [3.63, 3.8) is 0 Å². The van der Waals surface area contributed by atoms with Crippen molar-refractivity contribution in [2.45, 2.75) is 27.2 Å². The van der Waals surface area contributed by atoms with Crippen LogP contribution in [0.4, 0.5) is 0 Å². The van der Waals surface area contributed by atoms with Crippen LogP contribution < -0.4 is 0 Å². The summed E-state index contributed by atoms with van der Waals surface area (Å²) in [6.07, 6.45) is 2.97. The van der Waals surface area contributed by atoms with Crippen LogP contribution in [0.2, 0.25) is 0 Å². The first-order chi connectivity index (χ1) is 18.0. The van der Waals surface area contributed by atoms with E-state index in [-0.39, 0.29) is 5.41 Å². The molecule has 0 fully saturated rings. The van der Waals surface area contributed by atoms with Crippen LogP contribution in [-0.4, -0.2) is 9.38 Å². The molecule has 4 heterocycles. The average Bonchev–Trinajstić information content (AvgIpc) is 3.54. The predicted molar refractivity (Wildman–Crippen MR) is 155 cm³/mol. The van der Waals surface area contributed by atoms with Gasteiger partial charge in [-0.2, -0.15) is 0 Å². The summed E-state index contributed by atoms with van der Waals surface area (Å²) in [7, 11) is 0. The van der Waals surface area contributed by atoms with Gasteiger partial charge in [0.2, 0.25) is 0 Å². The molecule has 0 unspecified atom stereocenters. The van der Waals surface area contributed by atoms with Crippen LogP contribution in [-0.2, 0) is 6.42 Å². The molecule has 4 aromatic heterocycles. The van der Waals surface area contributed by atoms with Crippen molar-refractivity contribution < 1.29 is 4.42 Å². The minimum Gasteiger partial charge on any atom is -0.454 e. The number of furan rings is 1. The van der Waals surface area contributed by atoms with E-state index in [1.165, 1.54) is 38.1 Å². The highest BCUT2D eigenvalue weighted by molar-refractivity contribution is 6.28. The zero-order valence-corrected chi connectivity index (χ0v) is 21.2. The molecule has 8 rings (SSSR count). The Bertz CT molecular complexity index is 2150. The standard InChI is InChI=1S/C34H26N2O/c1-34(2,3)19-20-15-16-35-28(17-20)21-11-14-29-27(18-21)24-9-6-8-23-25-12-13-26-22-7-4-5-10-30(22)37-33(26)32(25)36(29)31(23)24/h4-18H,19H2,1-3H3. The minimum atomic E-state index is 0.235. The van der Waals surface area contributed by atoms with Crippen molar-refractivity contribution in [2.75, 3.05) is 0 Å². The zero-order valence-electron chi connectivity index (χ0n) is 21.2. The second-order valence-corrected chi connectivity index (χ2v) is 11.5. The van der Waals surface area contributed by atoms with Crippen molar-refractivity contribution in [1.29, 1.82) is 0 Å². The summed E-state index contributed by atoms with van der Waals surface area (Å²) in [6.45, 7) is 6.84. The molecule has 178 valence electrons. The van der Waals surface area contributed by atoms with Gasteiger partial charge >= 0.3 is 0 Å². The number of hydrogen-bond donors (Lipinski definition) is 0. The lowest BCUT2D eigenvalue weighted by Gasteiger charge is -2.18. The second kappa shape index (κ2) is 7.10. The molecule has 3 nitrogen and oxygen atoms in total. The van der Waals surface area contributed by atoms with E-state index in [1.54, 1.807) is 0 Å². The Balaban J connectivity index is 1.44. The fourth-order valence-electron chi connectivity index (χ4n) is 6.25. The summed E-state index contributed by atoms with van der Waals surface area (Å²) in [5, 5.41) is 7.32. The van der Waals surface area contributed by atoms with Crippen molar-refractivity contribution in [2.24, 2.45) is 5.41 Å².